The van der Waals surface area contributed by atoms with Crippen molar-refractivity contribution in [3.63, 3.8) is 0 Å². The van der Waals surface area contributed by atoms with Gasteiger partial charge in [-0.25, -0.2) is 14.4 Å². The summed E-state index contributed by atoms with van der Waals surface area (Å²) in [5, 5.41) is 21.4. The maximum Gasteiger partial charge on any atom is 0.490 e. The van der Waals surface area contributed by atoms with Crippen LogP contribution in [-0.2, 0) is 25.7 Å². The zero-order valence-electron chi connectivity index (χ0n) is 24.6. The lowest BCUT2D eigenvalue weighted by atomic mass is 10.0. The molecular formula is C25H33F9N4O7S. The highest BCUT2D eigenvalue weighted by Gasteiger charge is 2.48. The van der Waals surface area contributed by atoms with Crippen molar-refractivity contribution in [2.24, 2.45) is 5.92 Å². The Kier molecular flexibility index (Phi) is 14.7. The molecule has 3 N–H and O–H groups in total. The van der Waals surface area contributed by atoms with Gasteiger partial charge in [-0.1, -0.05) is 0 Å². The van der Waals surface area contributed by atoms with E-state index in [0.717, 1.165) is 52.2 Å². The van der Waals surface area contributed by atoms with Crippen LogP contribution in [0.1, 0.15) is 16.2 Å². The van der Waals surface area contributed by atoms with Crippen molar-refractivity contribution in [2.45, 2.75) is 50.5 Å². The fourth-order valence-corrected chi connectivity index (χ4v) is 5.68. The van der Waals surface area contributed by atoms with Crippen LogP contribution in [0.3, 0.4) is 0 Å². The van der Waals surface area contributed by atoms with Crippen LogP contribution in [0.5, 0.6) is 0 Å². The Balaban J connectivity index is 0.000000413. The molecule has 0 saturated carbocycles. The number of carbonyl (C=O) groups is 4. The number of alkyl halides is 9. The smallest absolute Gasteiger partial charge is 0.475 e. The minimum Gasteiger partial charge on any atom is -0.475 e. The molecule has 3 aliphatic heterocycles. The highest BCUT2D eigenvalue weighted by Crippen LogP contribution is 2.36. The lowest BCUT2D eigenvalue weighted by Crippen LogP contribution is -2.53. The van der Waals surface area contributed by atoms with E-state index in [9.17, 15) is 44.3 Å². The molecule has 3 saturated heterocycles. The quantitative estimate of drug-likeness (QED) is 0.402. The van der Waals surface area contributed by atoms with E-state index < -0.39 is 36.4 Å². The van der Waals surface area contributed by atoms with Crippen molar-refractivity contribution in [3.8, 4) is 0 Å². The number of halogens is 9. The van der Waals surface area contributed by atoms with Crippen molar-refractivity contribution >= 4 is 35.2 Å². The van der Waals surface area contributed by atoms with Crippen LogP contribution in [0.15, 0.2) is 12.1 Å². The summed E-state index contributed by atoms with van der Waals surface area (Å²) in [5.41, 5.74) is 0. The average molecular weight is 705 g/mol. The molecule has 0 aromatic carbocycles. The number of fused-ring (bicyclic) bond motifs is 1. The molecule has 3 fully saturated rings. The zero-order valence-corrected chi connectivity index (χ0v) is 25.4. The number of aryl methyl sites for hydroxylation is 1. The SMILES string of the molecule is Cc1ccc(CN2C[C@@H]3C[C@@H](C(=O)N4CCN(C)CC4)N(C)[C@@H]3C2)s1.O=C(O)C(F)(F)F.O=C(O)C(F)(F)F.O=C(O)C(F)(F)F. The van der Waals surface area contributed by atoms with E-state index >= 15 is 0 Å². The number of aliphatic carboxylic acids is 3. The lowest BCUT2D eigenvalue weighted by Gasteiger charge is -2.36. The van der Waals surface area contributed by atoms with Gasteiger partial charge in [0.25, 0.3) is 0 Å². The number of rotatable bonds is 3. The predicted octanol–water partition coefficient (Wildman–Crippen LogP) is 3.23. The molecule has 0 unspecified atom stereocenters. The number of hydrogen-bond donors (Lipinski definition) is 3. The number of hydrogen-bond acceptors (Lipinski definition) is 8. The van der Waals surface area contributed by atoms with Gasteiger partial charge in [0.1, 0.15) is 0 Å². The minimum absolute atomic E-state index is 0.101. The lowest BCUT2D eigenvalue weighted by molar-refractivity contribution is -0.193. The Bertz CT molecular complexity index is 1130. The Labute approximate surface area is 260 Å². The Hall–Kier alpha value is -3.17. The van der Waals surface area contributed by atoms with Crippen molar-refractivity contribution in [2.75, 3.05) is 53.4 Å². The van der Waals surface area contributed by atoms with Gasteiger partial charge in [0, 0.05) is 61.6 Å². The zero-order chi connectivity index (χ0) is 35.8. The van der Waals surface area contributed by atoms with Crippen LogP contribution >= 0.6 is 11.3 Å². The molecule has 3 aliphatic rings. The van der Waals surface area contributed by atoms with Crippen molar-refractivity contribution in [3.05, 3.63) is 21.9 Å². The first-order valence-electron chi connectivity index (χ1n) is 13.2. The van der Waals surface area contributed by atoms with Gasteiger partial charge in [-0.05, 0) is 45.5 Å². The number of nitrogens with zero attached hydrogens (tertiary/aromatic N) is 4. The number of likely N-dealkylation sites (N-methyl/N-ethyl adjacent to an activating group) is 2. The van der Waals surface area contributed by atoms with Crippen LogP contribution in [0.25, 0.3) is 0 Å². The number of thiophene rings is 1. The Morgan fingerprint density at radius 2 is 1.22 bits per heavy atom. The monoisotopic (exact) mass is 704 g/mol. The third-order valence-corrected chi connectivity index (χ3v) is 8.01. The van der Waals surface area contributed by atoms with Crippen LogP contribution < -0.4 is 0 Å². The second-order valence-electron chi connectivity index (χ2n) is 10.5. The van der Waals surface area contributed by atoms with Gasteiger partial charge in [0.15, 0.2) is 0 Å². The number of carboxylic acids is 3. The highest BCUT2D eigenvalue weighted by atomic mass is 32.1. The van der Waals surface area contributed by atoms with Crippen LogP contribution in [0, 0.1) is 12.8 Å². The molecule has 1 aromatic heterocycles. The maximum atomic E-state index is 13.0. The molecule has 0 radical (unpaired) electrons. The highest BCUT2D eigenvalue weighted by molar-refractivity contribution is 7.11. The van der Waals surface area contributed by atoms with Gasteiger partial charge in [-0.3, -0.25) is 14.6 Å². The second-order valence-corrected chi connectivity index (χ2v) is 11.9. The third-order valence-electron chi connectivity index (χ3n) is 7.03. The summed E-state index contributed by atoms with van der Waals surface area (Å²) in [7, 11) is 4.31. The minimum atomic E-state index is -5.08. The van der Waals surface area contributed by atoms with E-state index in [-0.39, 0.29) is 6.04 Å². The molecular weight excluding hydrogens is 671 g/mol. The summed E-state index contributed by atoms with van der Waals surface area (Å²) in [6, 6.07) is 5.12. The standard InChI is InChI=1S/C19H30N4OS.3C2HF3O2/c1-14-4-5-16(25-14)12-22-11-15-10-17(21(3)18(15)13-22)19(24)23-8-6-20(2)7-9-23;3*3-2(4,5)1(6)7/h4-5,15,17-18H,6-13H2,1-3H3;3*(H,6,7)/t15-,17-,18+;;;/m0.../s1. The molecule has 1 aromatic rings. The number of carboxylic acid groups (broad SMARTS) is 3. The molecule has 21 heteroatoms. The molecule has 264 valence electrons. The second kappa shape index (κ2) is 16.6. The first kappa shape index (κ1) is 40.9. The largest absolute Gasteiger partial charge is 0.490 e. The van der Waals surface area contributed by atoms with Crippen molar-refractivity contribution in [1.29, 1.82) is 0 Å². The fourth-order valence-electron chi connectivity index (χ4n) is 4.75. The molecule has 0 spiro atoms. The van der Waals surface area contributed by atoms with Gasteiger partial charge >= 0.3 is 36.4 Å². The van der Waals surface area contributed by atoms with E-state index in [1.54, 1.807) is 0 Å². The number of carbonyl (C=O) groups excluding carboxylic acids is 1. The molecule has 11 nitrogen and oxygen atoms in total. The van der Waals surface area contributed by atoms with E-state index in [1.807, 2.05) is 11.3 Å². The molecule has 0 aliphatic carbocycles. The van der Waals surface area contributed by atoms with Gasteiger partial charge in [0.05, 0.1) is 6.04 Å². The molecule has 46 heavy (non-hydrogen) atoms. The van der Waals surface area contributed by atoms with Gasteiger partial charge in [0.2, 0.25) is 5.91 Å². The fraction of sp³-hybridized carbons (Fsp3) is 0.680. The van der Waals surface area contributed by atoms with Gasteiger partial charge < -0.3 is 25.1 Å². The molecule has 4 heterocycles. The normalized spacial score (nSPS) is 22.3. The van der Waals surface area contributed by atoms with Crippen molar-refractivity contribution < 1.29 is 74.0 Å². The summed E-state index contributed by atoms with van der Waals surface area (Å²) >= 11 is 1.91. The molecule has 0 bridgehead atoms. The predicted molar refractivity (Wildman–Crippen MR) is 143 cm³/mol. The van der Waals surface area contributed by atoms with E-state index in [1.165, 1.54) is 9.75 Å². The topological polar surface area (TPSA) is 142 Å². The number of piperazine rings is 1. The number of amides is 1. The van der Waals surface area contributed by atoms with Crippen LogP contribution in [-0.4, -0.2) is 143 Å². The molecule has 4 rings (SSSR count). The van der Waals surface area contributed by atoms with Crippen LogP contribution in [0.2, 0.25) is 0 Å². The summed E-state index contributed by atoms with van der Waals surface area (Å²) in [6.07, 6.45) is -14.2. The molecule has 3 atom stereocenters. The summed E-state index contributed by atoms with van der Waals surface area (Å²) in [5.74, 6) is -7.26. The first-order chi connectivity index (χ1) is 20.8. The molecule has 1 amide bonds. The van der Waals surface area contributed by atoms with Crippen molar-refractivity contribution in [1.82, 2.24) is 19.6 Å². The Morgan fingerprint density at radius 1 is 0.783 bits per heavy atom. The van der Waals surface area contributed by atoms with Gasteiger partial charge in [-0.15, -0.1) is 11.3 Å². The van der Waals surface area contributed by atoms with E-state index in [2.05, 4.69) is 52.8 Å². The third kappa shape index (κ3) is 13.3. The summed E-state index contributed by atoms with van der Waals surface area (Å²) < 4.78 is 95.2. The summed E-state index contributed by atoms with van der Waals surface area (Å²) in [4.78, 5) is 51.9. The first-order valence-corrected chi connectivity index (χ1v) is 14.0. The summed E-state index contributed by atoms with van der Waals surface area (Å²) in [6.45, 7) is 9.26. The van der Waals surface area contributed by atoms with Crippen LogP contribution in [0.4, 0.5) is 39.5 Å². The number of likely N-dealkylation sites (tertiary alicyclic amines) is 2. The van der Waals surface area contributed by atoms with E-state index in [4.69, 9.17) is 29.7 Å². The van der Waals surface area contributed by atoms with Gasteiger partial charge in [-0.2, -0.15) is 39.5 Å². The van der Waals surface area contributed by atoms with E-state index in [0.29, 0.717) is 17.9 Å². The Morgan fingerprint density at radius 3 is 1.57 bits per heavy atom. The average Bonchev–Trinajstić information content (AvgIpc) is 3.59. The maximum absolute atomic E-state index is 13.0.